The molecule has 0 amide bonds. The average Bonchev–Trinajstić information content (AvgIpc) is 2.47. The molecule has 0 saturated carbocycles. The highest BCUT2D eigenvalue weighted by molar-refractivity contribution is 5.40. The van der Waals surface area contributed by atoms with Crippen LogP contribution in [0.25, 0.3) is 0 Å². The highest BCUT2D eigenvalue weighted by atomic mass is 14.9. The predicted octanol–water partition coefficient (Wildman–Crippen LogP) is 4.22. The fourth-order valence-corrected chi connectivity index (χ4v) is 3.12. The minimum absolute atomic E-state index is 0.232. The largest absolute Gasteiger partial charge is 0.312 e. The van der Waals surface area contributed by atoms with E-state index in [-0.39, 0.29) is 5.41 Å². The number of hydrogen-bond acceptors (Lipinski definition) is 1. The second-order valence-corrected chi connectivity index (χ2v) is 7.11. The molecule has 21 heavy (non-hydrogen) atoms. The Bertz CT molecular complexity index is 617. The van der Waals surface area contributed by atoms with Crippen LogP contribution in [-0.4, -0.2) is 6.54 Å². The molecule has 0 atom stereocenters. The van der Waals surface area contributed by atoms with Gasteiger partial charge in [-0.25, -0.2) is 0 Å². The number of benzene rings is 2. The third-order valence-corrected chi connectivity index (χ3v) is 4.45. The Labute approximate surface area is 128 Å². The Kier molecular flexibility index (Phi) is 3.86. The Hall–Kier alpha value is -1.60. The monoisotopic (exact) mass is 279 g/mol. The second kappa shape index (κ2) is 5.65. The van der Waals surface area contributed by atoms with Crippen LogP contribution < -0.4 is 5.32 Å². The molecule has 1 N–H and O–H groups in total. The van der Waals surface area contributed by atoms with Gasteiger partial charge in [0.05, 0.1) is 0 Å². The van der Waals surface area contributed by atoms with Crippen LogP contribution in [0, 0.1) is 0 Å². The van der Waals surface area contributed by atoms with Crippen molar-refractivity contribution in [3.05, 3.63) is 70.3 Å². The molecule has 0 aromatic heterocycles. The van der Waals surface area contributed by atoms with Crippen molar-refractivity contribution in [1.82, 2.24) is 5.32 Å². The van der Waals surface area contributed by atoms with Crippen molar-refractivity contribution < 1.29 is 0 Å². The van der Waals surface area contributed by atoms with Crippen molar-refractivity contribution in [2.75, 3.05) is 6.54 Å². The molecule has 0 spiro atoms. The summed E-state index contributed by atoms with van der Waals surface area (Å²) in [6.45, 7) is 8.92. The quantitative estimate of drug-likeness (QED) is 0.868. The first-order valence-corrected chi connectivity index (χ1v) is 7.94. The van der Waals surface area contributed by atoms with E-state index in [1.165, 1.54) is 22.3 Å². The molecule has 1 heterocycles. The summed E-state index contributed by atoms with van der Waals surface area (Å²) in [6.07, 6.45) is 2.21. The maximum Gasteiger partial charge on any atom is 0.0208 e. The lowest BCUT2D eigenvalue weighted by Crippen LogP contribution is -2.24. The molecule has 2 aromatic carbocycles. The highest BCUT2D eigenvalue weighted by Gasteiger charge is 2.14. The smallest absolute Gasteiger partial charge is 0.0208 e. The van der Waals surface area contributed by atoms with Crippen molar-refractivity contribution in [2.24, 2.45) is 0 Å². The van der Waals surface area contributed by atoms with Gasteiger partial charge >= 0.3 is 0 Å². The third-order valence-electron chi connectivity index (χ3n) is 4.45. The van der Waals surface area contributed by atoms with Gasteiger partial charge in [0, 0.05) is 6.54 Å². The first kappa shape index (κ1) is 14.3. The van der Waals surface area contributed by atoms with Crippen LogP contribution in [0.3, 0.4) is 0 Å². The summed E-state index contributed by atoms with van der Waals surface area (Å²) >= 11 is 0. The van der Waals surface area contributed by atoms with E-state index in [0.717, 1.165) is 25.9 Å². The second-order valence-electron chi connectivity index (χ2n) is 7.11. The highest BCUT2D eigenvalue weighted by Crippen LogP contribution is 2.25. The van der Waals surface area contributed by atoms with Crippen LogP contribution in [0.4, 0.5) is 0 Å². The van der Waals surface area contributed by atoms with Gasteiger partial charge in [-0.3, -0.25) is 0 Å². The number of hydrogen-bond donors (Lipinski definition) is 1. The Morgan fingerprint density at radius 1 is 1.00 bits per heavy atom. The lowest BCUT2D eigenvalue weighted by atomic mass is 9.86. The van der Waals surface area contributed by atoms with Crippen molar-refractivity contribution in [3.8, 4) is 0 Å². The van der Waals surface area contributed by atoms with Gasteiger partial charge in [0.1, 0.15) is 0 Å². The summed E-state index contributed by atoms with van der Waals surface area (Å²) in [5, 5.41) is 3.46. The molecule has 0 saturated heterocycles. The minimum atomic E-state index is 0.232. The average molecular weight is 279 g/mol. The summed E-state index contributed by atoms with van der Waals surface area (Å²) in [5.41, 5.74) is 7.59. The molecule has 1 aliphatic rings. The van der Waals surface area contributed by atoms with E-state index < -0.39 is 0 Å². The molecule has 3 rings (SSSR count). The van der Waals surface area contributed by atoms with E-state index >= 15 is 0 Å². The van der Waals surface area contributed by atoms with Crippen LogP contribution in [0.5, 0.6) is 0 Å². The normalized spacial score (nSPS) is 14.8. The first-order valence-electron chi connectivity index (χ1n) is 7.94. The van der Waals surface area contributed by atoms with E-state index in [1.807, 2.05) is 0 Å². The van der Waals surface area contributed by atoms with Gasteiger partial charge in [0.25, 0.3) is 0 Å². The van der Waals surface area contributed by atoms with E-state index in [0.29, 0.717) is 0 Å². The van der Waals surface area contributed by atoms with Gasteiger partial charge in [-0.2, -0.15) is 0 Å². The Balaban J connectivity index is 1.84. The number of rotatable bonds is 2. The van der Waals surface area contributed by atoms with E-state index in [4.69, 9.17) is 0 Å². The fraction of sp³-hybridized carbons (Fsp3) is 0.400. The zero-order chi connectivity index (χ0) is 14.9. The summed E-state index contributed by atoms with van der Waals surface area (Å²) in [7, 11) is 0. The van der Waals surface area contributed by atoms with Gasteiger partial charge in [-0.05, 0) is 52.6 Å². The molecule has 2 aromatic rings. The Morgan fingerprint density at radius 3 is 2.48 bits per heavy atom. The summed E-state index contributed by atoms with van der Waals surface area (Å²) < 4.78 is 0. The molecule has 110 valence electrons. The van der Waals surface area contributed by atoms with Crippen molar-refractivity contribution >= 4 is 0 Å². The maximum atomic E-state index is 3.46. The minimum Gasteiger partial charge on any atom is -0.312 e. The third kappa shape index (κ3) is 3.19. The summed E-state index contributed by atoms with van der Waals surface area (Å²) in [5.74, 6) is 0. The standard InChI is InChI=1S/C20H25N/c1-20(2,3)18-9-7-15(8-10-18)13-16-5-4-6-17-14-21-12-11-19(16)17/h4-10,21H,11-14H2,1-3H3. The predicted molar refractivity (Wildman–Crippen MR) is 89.8 cm³/mol. The molecule has 0 radical (unpaired) electrons. The van der Waals surface area contributed by atoms with Crippen LogP contribution in [-0.2, 0) is 24.8 Å². The number of nitrogens with one attached hydrogen (secondary N) is 1. The van der Waals surface area contributed by atoms with E-state index in [1.54, 1.807) is 5.56 Å². The molecule has 1 aliphatic heterocycles. The van der Waals surface area contributed by atoms with Gasteiger partial charge in [-0.1, -0.05) is 63.2 Å². The van der Waals surface area contributed by atoms with Crippen LogP contribution >= 0.6 is 0 Å². The van der Waals surface area contributed by atoms with Gasteiger partial charge in [0.2, 0.25) is 0 Å². The van der Waals surface area contributed by atoms with Crippen LogP contribution in [0.2, 0.25) is 0 Å². The molecule has 0 fully saturated rings. The molecule has 0 unspecified atom stereocenters. The van der Waals surface area contributed by atoms with Crippen molar-refractivity contribution in [1.29, 1.82) is 0 Å². The zero-order valence-corrected chi connectivity index (χ0v) is 13.4. The lowest BCUT2D eigenvalue weighted by molar-refractivity contribution is 0.590. The van der Waals surface area contributed by atoms with Gasteiger partial charge in [-0.15, -0.1) is 0 Å². The number of fused-ring (bicyclic) bond motifs is 1. The molecular formula is C20H25N. The summed E-state index contributed by atoms with van der Waals surface area (Å²) in [4.78, 5) is 0. The van der Waals surface area contributed by atoms with E-state index in [9.17, 15) is 0 Å². The molecule has 1 nitrogen and oxygen atoms in total. The molecule has 1 heteroatoms. The Morgan fingerprint density at radius 2 is 1.76 bits per heavy atom. The van der Waals surface area contributed by atoms with Crippen molar-refractivity contribution in [3.63, 3.8) is 0 Å². The molecule has 0 aliphatic carbocycles. The SMILES string of the molecule is CC(C)(C)c1ccc(Cc2cccc3c2CCNC3)cc1. The van der Waals surface area contributed by atoms with Crippen LogP contribution in [0.15, 0.2) is 42.5 Å². The van der Waals surface area contributed by atoms with Crippen molar-refractivity contribution in [2.45, 2.75) is 45.6 Å². The van der Waals surface area contributed by atoms with Gasteiger partial charge < -0.3 is 5.32 Å². The topological polar surface area (TPSA) is 12.0 Å². The summed E-state index contributed by atoms with van der Waals surface area (Å²) in [6, 6.07) is 15.9. The zero-order valence-electron chi connectivity index (χ0n) is 13.4. The lowest BCUT2D eigenvalue weighted by Gasteiger charge is -2.21. The maximum absolute atomic E-state index is 3.46. The van der Waals surface area contributed by atoms with Gasteiger partial charge in [0.15, 0.2) is 0 Å². The van der Waals surface area contributed by atoms with Crippen LogP contribution in [0.1, 0.15) is 48.6 Å². The fourth-order valence-electron chi connectivity index (χ4n) is 3.12. The van der Waals surface area contributed by atoms with E-state index in [2.05, 4.69) is 68.6 Å². The first-order chi connectivity index (χ1) is 10.0. The molecular weight excluding hydrogens is 254 g/mol. The molecule has 0 bridgehead atoms.